The monoisotopic (exact) mass is 206 g/mol. The van der Waals surface area contributed by atoms with Gasteiger partial charge in [-0.05, 0) is 37.7 Å². The molecule has 3 atom stereocenters. The first-order valence-electron chi connectivity index (χ1n) is 6.61. The summed E-state index contributed by atoms with van der Waals surface area (Å²) in [7, 11) is 0. The zero-order valence-corrected chi connectivity index (χ0v) is 9.47. The molecule has 3 aliphatic rings. The predicted molar refractivity (Wildman–Crippen MR) is 62.4 cm³/mol. The Morgan fingerprint density at radius 3 is 2.73 bits per heavy atom. The summed E-state index contributed by atoms with van der Waals surface area (Å²) in [6.07, 6.45) is 10.7. The van der Waals surface area contributed by atoms with E-state index in [4.69, 9.17) is 5.73 Å². The van der Waals surface area contributed by atoms with Crippen molar-refractivity contribution in [3.8, 4) is 0 Å². The maximum Gasteiger partial charge on any atom is 0.0302 e. The molecular weight excluding hydrogens is 184 g/mol. The molecule has 2 aliphatic carbocycles. The van der Waals surface area contributed by atoms with E-state index in [1.54, 1.807) is 5.57 Å². The first-order chi connectivity index (χ1) is 7.36. The van der Waals surface area contributed by atoms with Crippen LogP contribution in [-0.4, -0.2) is 12.1 Å². The molecule has 3 unspecified atom stereocenters. The van der Waals surface area contributed by atoms with Crippen LogP contribution in [-0.2, 0) is 0 Å². The van der Waals surface area contributed by atoms with E-state index in [-0.39, 0.29) is 0 Å². The summed E-state index contributed by atoms with van der Waals surface area (Å²) in [4.78, 5) is 0. The zero-order chi connectivity index (χ0) is 10.3. The number of fused-ring (bicyclic) bond motifs is 2. The van der Waals surface area contributed by atoms with Gasteiger partial charge in [-0.1, -0.05) is 19.3 Å². The fourth-order valence-electron chi connectivity index (χ4n) is 3.74. The molecule has 2 saturated carbocycles. The minimum atomic E-state index is 0.637. The first kappa shape index (κ1) is 9.71. The van der Waals surface area contributed by atoms with Crippen molar-refractivity contribution in [2.24, 2.45) is 11.7 Å². The van der Waals surface area contributed by atoms with Crippen molar-refractivity contribution in [1.29, 1.82) is 0 Å². The molecule has 1 aliphatic heterocycles. The molecule has 15 heavy (non-hydrogen) atoms. The number of rotatable bonds is 0. The van der Waals surface area contributed by atoms with Gasteiger partial charge in [0.2, 0.25) is 0 Å². The Hall–Kier alpha value is -0.500. The lowest BCUT2D eigenvalue weighted by atomic mass is 9.74. The molecule has 0 aromatic carbocycles. The third kappa shape index (κ3) is 1.59. The van der Waals surface area contributed by atoms with E-state index >= 15 is 0 Å². The molecule has 2 nitrogen and oxygen atoms in total. The Balaban J connectivity index is 1.89. The van der Waals surface area contributed by atoms with Crippen LogP contribution in [0.15, 0.2) is 11.3 Å². The third-order valence-corrected chi connectivity index (χ3v) is 4.56. The zero-order valence-electron chi connectivity index (χ0n) is 9.47. The topological polar surface area (TPSA) is 38.0 Å². The fourth-order valence-corrected chi connectivity index (χ4v) is 3.74. The van der Waals surface area contributed by atoms with E-state index in [2.05, 4.69) is 5.32 Å². The number of hydrogen-bond donors (Lipinski definition) is 2. The third-order valence-electron chi connectivity index (χ3n) is 4.56. The van der Waals surface area contributed by atoms with Crippen LogP contribution < -0.4 is 11.1 Å². The van der Waals surface area contributed by atoms with E-state index in [0.29, 0.717) is 18.0 Å². The van der Waals surface area contributed by atoms with Crippen molar-refractivity contribution in [3.63, 3.8) is 0 Å². The minimum absolute atomic E-state index is 0.637. The number of nitrogens with two attached hydrogens (primary N) is 1. The summed E-state index contributed by atoms with van der Waals surface area (Å²) >= 11 is 0. The van der Waals surface area contributed by atoms with Gasteiger partial charge in [0.15, 0.2) is 0 Å². The molecule has 3 rings (SSSR count). The molecule has 2 heteroatoms. The van der Waals surface area contributed by atoms with Crippen molar-refractivity contribution < 1.29 is 0 Å². The Labute approximate surface area is 92.3 Å². The second-order valence-electron chi connectivity index (χ2n) is 5.44. The molecule has 0 saturated heterocycles. The lowest BCUT2D eigenvalue weighted by Gasteiger charge is -2.44. The van der Waals surface area contributed by atoms with E-state index in [1.165, 1.54) is 57.1 Å². The van der Waals surface area contributed by atoms with Crippen molar-refractivity contribution >= 4 is 0 Å². The largest absolute Gasteiger partial charge is 0.402 e. The summed E-state index contributed by atoms with van der Waals surface area (Å²) < 4.78 is 0. The van der Waals surface area contributed by atoms with Gasteiger partial charge in [0.05, 0.1) is 0 Å². The molecule has 0 amide bonds. The Morgan fingerprint density at radius 2 is 1.80 bits per heavy atom. The van der Waals surface area contributed by atoms with Crippen molar-refractivity contribution in [3.05, 3.63) is 11.3 Å². The van der Waals surface area contributed by atoms with Gasteiger partial charge in [-0.3, -0.25) is 0 Å². The van der Waals surface area contributed by atoms with Crippen LogP contribution in [0, 0.1) is 5.92 Å². The molecule has 0 bridgehead atoms. The highest BCUT2D eigenvalue weighted by molar-refractivity contribution is 5.27. The summed E-state index contributed by atoms with van der Waals surface area (Å²) in [6, 6.07) is 1.34. The van der Waals surface area contributed by atoms with Gasteiger partial charge in [0, 0.05) is 23.7 Å². The molecule has 1 heterocycles. The van der Waals surface area contributed by atoms with Gasteiger partial charge < -0.3 is 11.1 Å². The van der Waals surface area contributed by atoms with Crippen LogP contribution in [0.4, 0.5) is 0 Å². The molecule has 0 aromatic heterocycles. The second kappa shape index (κ2) is 3.82. The van der Waals surface area contributed by atoms with Crippen LogP contribution in [0.2, 0.25) is 0 Å². The second-order valence-corrected chi connectivity index (χ2v) is 5.44. The van der Waals surface area contributed by atoms with Crippen molar-refractivity contribution in [2.75, 3.05) is 0 Å². The molecule has 3 N–H and O–H groups in total. The number of hydrogen-bond acceptors (Lipinski definition) is 2. The minimum Gasteiger partial charge on any atom is -0.402 e. The highest BCUT2D eigenvalue weighted by Gasteiger charge is 2.36. The van der Waals surface area contributed by atoms with Crippen molar-refractivity contribution in [2.45, 2.75) is 63.5 Å². The van der Waals surface area contributed by atoms with Gasteiger partial charge in [-0.2, -0.15) is 0 Å². The van der Waals surface area contributed by atoms with Gasteiger partial charge in [-0.25, -0.2) is 0 Å². The Bertz CT molecular complexity index is 282. The van der Waals surface area contributed by atoms with E-state index in [0.717, 1.165) is 0 Å². The molecule has 2 fully saturated rings. The lowest BCUT2D eigenvalue weighted by Crippen LogP contribution is -2.52. The van der Waals surface area contributed by atoms with Crippen LogP contribution in [0.1, 0.15) is 51.4 Å². The van der Waals surface area contributed by atoms with Crippen LogP contribution in [0.25, 0.3) is 0 Å². The molecule has 0 aromatic rings. The Morgan fingerprint density at radius 1 is 1.00 bits per heavy atom. The summed E-state index contributed by atoms with van der Waals surface area (Å²) in [5, 5.41) is 3.85. The van der Waals surface area contributed by atoms with E-state index in [9.17, 15) is 0 Å². The van der Waals surface area contributed by atoms with Gasteiger partial charge in [-0.15, -0.1) is 0 Å². The summed E-state index contributed by atoms with van der Waals surface area (Å²) in [5.41, 5.74) is 9.24. The highest BCUT2D eigenvalue weighted by Crippen LogP contribution is 2.38. The normalized spacial score (nSPS) is 40.9. The standard InChI is InChI=1S/C13H22N2/c14-13-9-5-1-3-7-11(9)15-12-8-4-2-6-10(12)13/h9,11-12,15H,1-8,14H2. The first-order valence-corrected chi connectivity index (χ1v) is 6.61. The van der Waals surface area contributed by atoms with Crippen LogP contribution in [0.5, 0.6) is 0 Å². The van der Waals surface area contributed by atoms with Gasteiger partial charge >= 0.3 is 0 Å². The smallest absolute Gasteiger partial charge is 0.0302 e. The SMILES string of the molecule is NC1=C2CCCCC2NC2CCCCC12. The average Bonchev–Trinajstić information content (AvgIpc) is 2.30. The summed E-state index contributed by atoms with van der Waals surface area (Å²) in [5.74, 6) is 0.670. The average molecular weight is 206 g/mol. The quantitative estimate of drug-likeness (QED) is 0.638. The Kier molecular flexibility index (Phi) is 2.47. The van der Waals surface area contributed by atoms with Crippen LogP contribution >= 0.6 is 0 Å². The van der Waals surface area contributed by atoms with E-state index in [1.807, 2.05) is 0 Å². The fraction of sp³-hybridized carbons (Fsp3) is 0.846. The predicted octanol–water partition coefficient (Wildman–Crippen LogP) is 2.30. The van der Waals surface area contributed by atoms with Crippen molar-refractivity contribution in [1.82, 2.24) is 5.32 Å². The molecule has 84 valence electrons. The maximum absolute atomic E-state index is 6.38. The lowest BCUT2D eigenvalue weighted by molar-refractivity contribution is 0.239. The maximum atomic E-state index is 6.38. The summed E-state index contributed by atoms with van der Waals surface area (Å²) in [6.45, 7) is 0. The molecule has 0 spiro atoms. The highest BCUT2D eigenvalue weighted by atomic mass is 15.0. The van der Waals surface area contributed by atoms with Crippen LogP contribution in [0.3, 0.4) is 0 Å². The molecule has 0 radical (unpaired) electrons. The van der Waals surface area contributed by atoms with Gasteiger partial charge in [0.1, 0.15) is 0 Å². The molecular formula is C13H22N2. The number of nitrogens with one attached hydrogen (secondary N) is 1. The van der Waals surface area contributed by atoms with E-state index < -0.39 is 0 Å². The van der Waals surface area contributed by atoms with Gasteiger partial charge in [0.25, 0.3) is 0 Å².